The van der Waals surface area contributed by atoms with Crippen molar-refractivity contribution in [3.63, 3.8) is 0 Å². The van der Waals surface area contributed by atoms with E-state index in [2.05, 4.69) is 0 Å². The number of phenolic OH excluding ortho intramolecular Hbond substituents is 1. The molecule has 0 aliphatic rings. The molecule has 0 heterocycles. The summed E-state index contributed by atoms with van der Waals surface area (Å²) in [4.78, 5) is 11.4. The molecule has 0 amide bonds. The van der Waals surface area contributed by atoms with Crippen LogP contribution in [0, 0.1) is 0 Å². The van der Waals surface area contributed by atoms with Gasteiger partial charge in [-0.1, -0.05) is 25.1 Å². The van der Waals surface area contributed by atoms with E-state index < -0.39 is 0 Å². The first-order valence-electron chi connectivity index (χ1n) is 4.24. The molecule has 1 N–H and O–H groups in total. The van der Waals surface area contributed by atoms with Gasteiger partial charge in [0.25, 0.3) is 0 Å². The highest BCUT2D eigenvalue weighted by atomic mass is 16.3. The lowest BCUT2D eigenvalue weighted by atomic mass is 10.1. The third-order valence-corrected chi connectivity index (χ3v) is 1.67. The standard InChI is InChI=1S/C11H12O2/c1-2-3-7-10(12)9-6-4-5-8-11(9)13/h3-8,13H,2H2,1H3. The number of hydrogen-bond donors (Lipinski definition) is 1. The van der Waals surface area contributed by atoms with Crippen LogP contribution >= 0.6 is 0 Å². The maximum Gasteiger partial charge on any atom is 0.189 e. The normalized spacial score (nSPS) is 10.5. The summed E-state index contributed by atoms with van der Waals surface area (Å²) in [6, 6.07) is 6.53. The highest BCUT2D eigenvalue weighted by Gasteiger charge is 2.05. The molecular weight excluding hydrogens is 164 g/mol. The fraction of sp³-hybridized carbons (Fsp3) is 0.182. The molecule has 0 aliphatic heterocycles. The third-order valence-electron chi connectivity index (χ3n) is 1.67. The van der Waals surface area contributed by atoms with E-state index in [9.17, 15) is 9.90 Å². The minimum absolute atomic E-state index is 0.0354. The molecule has 0 radical (unpaired) electrons. The molecule has 13 heavy (non-hydrogen) atoms. The number of aromatic hydroxyl groups is 1. The predicted octanol–water partition coefficient (Wildman–Crippen LogP) is 2.54. The van der Waals surface area contributed by atoms with Gasteiger partial charge in [0.2, 0.25) is 0 Å². The lowest BCUT2D eigenvalue weighted by Crippen LogP contribution is -1.93. The maximum absolute atomic E-state index is 11.4. The van der Waals surface area contributed by atoms with Crippen molar-refractivity contribution in [3.8, 4) is 5.75 Å². The van der Waals surface area contributed by atoms with Gasteiger partial charge >= 0.3 is 0 Å². The fourth-order valence-corrected chi connectivity index (χ4v) is 0.997. The van der Waals surface area contributed by atoms with Gasteiger partial charge in [-0.15, -0.1) is 0 Å². The zero-order valence-corrected chi connectivity index (χ0v) is 7.53. The van der Waals surface area contributed by atoms with E-state index in [1.807, 2.05) is 6.92 Å². The number of benzene rings is 1. The Balaban J connectivity index is 2.89. The van der Waals surface area contributed by atoms with Crippen LogP contribution in [0.3, 0.4) is 0 Å². The molecule has 0 saturated heterocycles. The Hall–Kier alpha value is -1.57. The molecule has 0 saturated carbocycles. The van der Waals surface area contributed by atoms with Crippen LogP contribution < -0.4 is 0 Å². The predicted molar refractivity (Wildman–Crippen MR) is 51.9 cm³/mol. The van der Waals surface area contributed by atoms with Crippen molar-refractivity contribution in [1.82, 2.24) is 0 Å². The first-order chi connectivity index (χ1) is 6.25. The molecule has 0 bridgehead atoms. The minimum atomic E-state index is -0.153. The number of para-hydroxylation sites is 1. The summed E-state index contributed by atoms with van der Waals surface area (Å²) >= 11 is 0. The molecule has 0 aromatic heterocycles. The van der Waals surface area contributed by atoms with Crippen molar-refractivity contribution in [2.24, 2.45) is 0 Å². The van der Waals surface area contributed by atoms with Gasteiger partial charge in [0.1, 0.15) is 5.75 Å². The van der Waals surface area contributed by atoms with Gasteiger partial charge in [0.05, 0.1) is 5.56 Å². The molecule has 0 aliphatic carbocycles. The minimum Gasteiger partial charge on any atom is -0.507 e. The molecule has 0 fully saturated rings. The number of ketones is 1. The molecule has 68 valence electrons. The van der Waals surface area contributed by atoms with E-state index in [4.69, 9.17) is 0 Å². The quantitative estimate of drug-likeness (QED) is 0.567. The van der Waals surface area contributed by atoms with Crippen LogP contribution in [-0.2, 0) is 0 Å². The summed E-state index contributed by atoms with van der Waals surface area (Å²) in [6.45, 7) is 1.95. The van der Waals surface area contributed by atoms with Crippen LogP contribution in [0.1, 0.15) is 23.7 Å². The number of phenols is 1. The van der Waals surface area contributed by atoms with Crippen molar-refractivity contribution in [1.29, 1.82) is 0 Å². The topological polar surface area (TPSA) is 37.3 Å². The Morgan fingerprint density at radius 1 is 1.46 bits per heavy atom. The Morgan fingerprint density at radius 3 is 2.77 bits per heavy atom. The molecule has 0 atom stereocenters. The Labute approximate surface area is 77.5 Å². The second-order valence-corrected chi connectivity index (χ2v) is 2.69. The Kier molecular flexibility index (Phi) is 3.26. The van der Waals surface area contributed by atoms with Crippen LogP contribution in [0.5, 0.6) is 5.75 Å². The van der Waals surface area contributed by atoms with Crippen molar-refractivity contribution < 1.29 is 9.90 Å². The maximum atomic E-state index is 11.4. The van der Waals surface area contributed by atoms with Crippen LogP contribution in [0.15, 0.2) is 36.4 Å². The number of carbonyl (C=O) groups is 1. The van der Waals surface area contributed by atoms with Crippen molar-refractivity contribution in [3.05, 3.63) is 42.0 Å². The average molecular weight is 176 g/mol. The fourth-order valence-electron chi connectivity index (χ4n) is 0.997. The molecule has 1 rings (SSSR count). The third kappa shape index (κ3) is 2.44. The Bertz CT molecular complexity index is 327. The molecule has 0 unspecified atom stereocenters. The van der Waals surface area contributed by atoms with E-state index in [0.717, 1.165) is 6.42 Å². The summed E-state index contributed by atoms with van der Waals surface area (Å²) in [5.74, 6) is -0.117. The van der Waals surface area contributed by atoms with E-state index in [1.54, 1.807) is 24.3 Å². The largest absolute Gasteiger partial charge is 0.507 e. The number of rotatable bonds is 3. The van der Waals surface area contributed by atoms with E-state index in [0.29, 0.717) is 5.56 Å². The van der Waals surface area contributed by atoms with Gasteiger partial charge in [-0.25, -0.2) is 0 Å². The second-order valence-electron chi connectivity index (χ2n) is 2.69. The van der Waals surface area contributed by atoms with Crippen molar-refractivity contribution >= 4 is 5.78 Å². The van der Waals surface area contributed by atoms with Gasteiger partial charge in [-0.3, -0.25) is 4.79 Å². The number of hydrogen-bond acceptors (Lipinski definition) is 2. The van der Waals surface area contributed by atoms with Crippen LogP contribution in [-0.4, -0.2) is 10.9 Å². The zero-order valence-electron chi connectivity index (χ0n) is 7.53. The molecule has 0 spiro atoms. The first-order valence-corrected chi connectivity index (χ1v) is 4.24. The summed E-state index contributed by atoms with van der Waals surface area (Å²) in [6.07, 6.45) is 4.07. The lowest BCUT2D eigenvalue weighted by molar-refractivity contribution is 0.104. The first kappa shape index (κ1) is 9.52. The van der Waals surface area contributed by atoms with Crippen LogP contribution in [0.2, 0.25) is 0 Å². The van der Waals surface area contributed by atoms with E-state index in [1.165, 1.54) is 12.1 Å². The van der Waals surface area contributed by atoms with Crippen molar-refractivity contribution in [2.75, 3.05) is 0 Å². The van der Waals surface area contributed by atoms with E-state index in [-0.39, 0.29) is 11.5 Å². The number of carbonyl (C=O) groups excluding carboxylic acids is 1. The summed E-state index contributed by atoms with van der Waals surface area (Å²) in [5, 5.41) is 9.33. The van der Waals surface area contributed by atoms with Gasteiger partial charge < -0.3 is 5.11 Å². The molecule has 2 heteroatoms. The highest BCUT2D eigenvalue weighted by molar-refractivity contribution is 6.06. The monoisotopic (exact) mass is 176 g/mol. The SMILES string of the molecule is CCC=CC(=O)c1ccccc1O. The van der Waals surface area contributed by atoms with Crippen molar-refractivity contribution in [2.45, 2.75) is 13.3 Å². The lowest BCUT2D eigenvalue weighted by Gasteiger charge is -1.98. The van der Waals surface area contributed by atoms with Crippen LogP contribution in [0.4, 0.5) is 0 Å². The molecule has 2 nitrogen and oxygen atoms in total. The summed E-state index contributed by atoms with van der Waals surface area (Å²) in [5.41, 5.74) is 0.354. The number of allylic oxidation sites excluding steroid dienone is 2. The average Bonchev–Trinajstić information content (AvgIpc) is 2.15. The van der Waals surface area contributed by atoms with Gasteiger partial charge in [-0.2, -0.15) is 0 Å². The van der Waals surface area contributed by atoms with Gasteiger partial charge in [0, 0.05) is 0 Å². The van der Waals surface area contributed by atoms with Gasteiger partial charge in [0.15, 0.2) is 5.78 Å². The summed E-state index contributed by atoms with van der Waals surface area (Å²) in [7, 11) is 0. The zero-order chi connectivity index (χ0) is 9.68. The Morgan fingerprint density at radius 2 is 2.15 bits per heavy atom. The van der Waals surface area contributed by atoms with Crippen LogP contribution in [0.25, 0.3) is 0 Å². The second kappa shape index (κ2) is 4.45. The molecular formula is C11H12O2. The molecule has 1 aromatic carbocycles. The summed E-state index contributed by atoms with van der Waals surface area (Å²) < 4.78 is 0. The smallest absolute Gasteiger partial charge is 0.189 e. The van der Waals surface area contributed by atoms with E-state index >= 15 is 0 Å². The highest BCUT2D eigenvalue weighted by Crippen LogP contribution is 2.16. The molecule has 1 aromatic rings. The van der Waals surface area contributed by atoms with Gasteiger partial charge in [-0.05, 0) is 24.6 Å².